The highest BCUT2D eigenvalue weighted by Crippen LogP contribution is 2.30. The number of nitrogens with one attached hydrogen (secondary N) is 2. The minimum atomic E-state index is -0.243. The van der Waals surface area contributed by atoms with E-state index < -0.39 is 0 Å². The number of amides is 2. The minimum Gasteiger partial charge on any atom is -0.307 e. The molecule has 0 saturated heterocycles. The van der Waals surface area contributed by atoms with Crippen LogP contribution in [0.5, 0.6) is 0 Å². The lowest BCUT2D eigenvalue weighted by Crippen LogP contribution is -2.19. The fourth-order valence-electron chi connectivity index (χ4n) is 2.99. The van der Waals surface area contributed by atoms with Crippen LogP contribution in [0, 0.1) is 0 Å². The van der Waals surface area contributed by atoms with E-state index in [1.54, 1.807) is 11.3 Å². The third kappa shape index (κ3) is 2.92. The molecule has 1 heterocycles. The zero-order valence-electron chi connectivity index (χ0n) is 12.6. The lowest BCUT2D eigenvalue weighted by molar-refractivity contribution is 0.262. The van der Waals surface area contributed by atoms with Crippen LogP contribution >= 0.6 is 11.3 Å². The van der Waals surface area contributed by atoms with E-state index in [1.165, 1.54) is 17.7 Å². The van der Waals surface area contributed by atoms with Crippen molar-refractivity contribution in [3.05, 3.63) is 53.0 Å². The van der Waals surface area contributed by atoms with E-state index in [1.807, 2.05) is 42.5 Å². The Labute approximate surface area is 138 Å². The van der Waals surface area contributed by atoms with Gasteiger partial charge in [-0.05, 0) is 37.1 Å². The summed E-state index contributed by atoms with van der Waals surface area (Å²) in [7, 11) is 0. The maximum absolute atomic E-state index is 12.3. The van der Waals surface area contributed by atoms with Gasteiger partial charge in [-0.25, -0.2) is 9.78 Å². The van der Waals surface area contributed by atoms with Crippen LogP contribution in [-0.4, -0.2) is 11.0 Å². The van der Waals surface area contributed by atoms with E-state index in [0.717, 1.165) is 35.0 Å². The highest BCUT2D eigenvalue weighted by molar-refractivity contribution is 7.15. The number of benzene rings is 2. The largest absolute Gasteiger partial charge is 0.325 e. The number of anilines is 2. The normalized spacial score (nSPS) is 13.6. The predicted octanol–water partition coefficient (Wildman–Crippen LogP) is 4.82. The topological polar surface area (TPSA) is 54.0 Å². The Bertz CT molecular complexity index is 843. The lowest BCUT2D eigenvalue weighted by Gasteiger charge is -2.08. The molecule has 1 aromatic heterocycles. The molecule has 1 aliphatic rings. The van der Waals surface area contributed by atoms with Crippen LogP contribution in [-0.2, 0) is 12.8 Å². The van der Waals surface area contributed by atoms with Gasteiger partial charge >= 0.3 is 6.03 Å². The molecule has 0 fully saturated rings. The molecule has 2 N–H and O–H groups in total. The van der Waals surface area contributed by atoms with Gasteiger partial charge in [0.05, 0.1) is 11.4 Å². The maximum Gasteiger partial charge on any atom is 0.325 e. The van der Waals surface area contributed by atoms with Crippen molar-refractivity contribution >= 4 is 39.0 Å². The molecule has 0 aliphatic heterocycles. The number of urea groups is 1. The fraction of sp³-hybridized carbons (Fsp3) is 0.222. The smallest absolute Gasteiger partial charge is 0.307 e. The summed E-state index contributed by atoms with van der Waals surface area (Å²) in [5, 5.41) is 8.63. The molecule has 4 nitrogen and oxygen atoms in total. The van der Waals surface area contributed by atoms with Gasteiger partial charge in [0, 0.05) is 10.3 Å². The number of rotatable bonds is 2. The Morgan fingerprint density at radius 2 is 1.83 bits per heavy atom. The van der Waals surface area contributed by atoms with Gasteiger partial charge in [-0.2, -0.15) is 0 Å². The van der Waals surface area contributed by atoms with Gasteiger partial charge in [0.1, 0.15) is 0 Å². The standard InChI is InChI=1S/C18H17N3OS/c22-17(21-18-20-15-9-3-4-11-16(15)23-18)19-14-10-5-7-12-6-1-2-8-13(12)14/h1-2,5-8,10H,3-4,9,11H2,(H2,19,20,21,22). The second-order valence-corrected chi connectivity index (χ2v) is 6.79. The average Bonchev–Trinajstić information content (AvgIpc) is 2.97. The van der Waals surface area contributed by atoms with E-state index in [9.17, 15) is 4.79 Å². The Morgan fingerprint density at radius 3 is 2.74 bits per heavy atom. The maximum atomic E-state index is 12.3. The van der Waals surface area contributed by atoms with Crippen LogP contribution in [0.3, 0.4) is 0 Å². The minimum absolute atomic E-state index is 0.243. The van der Waals surface area contributed by atoms with Crippen LogP contribution in [0.1, 0.15) is 23.4 Å². The number of fused-ring (bicyclic) bond motifs is 2. The zero-order chi connectivity index (χ0) is 15.6. The van der Waals surface area contributed by atoms with Gasteiger partial charge in [0.2, 0.25) is 0 Å². The summed E-state index contributed by atoms with van der Waals surface area (Å²) in [5.41, 5.74) is 1.96. The molecule has 3 aromatic rings. The first-order valence-corrected chi connectivity index (χ1v) is 8.65. The molecule has 1 aliphatic carbocycles. The van der Waals surface area contributed by atoms with Crippen molar-refractivity contribution in [3.8, 4) is 0 Å². The van der Waals surface area contributed by atoms with Crippen LogP contribution in [0.25, 0.3) is 10.8 Å². The Balaban J connectivity index is 1.52. The number of carbonyl (C=O) groups is 1. The van der Waals surface area contributed by atoms with Crippen molar-refractivity contribution in [2.75, 3.05) is 10.6 Å². The summed E-state index contributed by atoms with van der Waals surface area (Å²) in [5.74, 6) is 0. The molecule has 0 radical (unpaired) electrons. The molecule has 116 valence electrons. The summed E-state index contributed by atoms with van der Waals surface area (Å²) < 4.78 is 0. The van der Waals surface area contributed by atoms with Crippen LogP contribution in [0.2, 0.25) is 0 Å². The second kappa shape index (κ2) is 6.01. The van der Waals surface area contributed by atoms with Crippen LogP contribution in [0.15, 0.2) is 42.5 Å². The van der Waals surface area contributed by atoms with E-state index in [0.29, 0.717) is 5.13 Å². The van der Waals surface area contributed by atoms with Crippen molar-refractivity contribution < 1.29 is 4.79 Å². The molecule has 0 unspecified atom stereocenters. The molecular formula is C18H17N3OS. The van der Waals surface area contributed by atoms with Gasteiger partial charge in [-0.1, -0.05) is 36.4 Å². The number of thiazole rings is 1. The Kier molecular flexibility index (Phi) is 3.71. The highest BCUT2D eigenvalue weighted by atomic mass is 32.1. The summed E-state index contributed by atoms with van der Waals surface area (Å²) in [6, 6.07) is 13.7. The molecule has 0 atom stereocenters. The first-order valence-electron chi connectivity index (χ1n) is 7.84. The molecule has 5 heteroatoms. The van der Waals surface area contributed by atoms with Crippen molar-refractivity contribution in [1.29, 1.82) is 0 Å². The van der Waals surface area contributed by atoms with Crippen molar-refractivity contribution in [2.24, 2.45) is 0 Å². The number of aryl methyl sites for hydroxylation is 2. The molecule has 4 rings (SSSR count). The van der Waals surface area contributed by atoms with E-state index in [2.05, 4.69) is 15.6 Å². The summed E-state index contributed by atoms with van der Waals surface area (Å²) >= 11 is 1.59. The van der Waals surface area contributed by atoms with Gasteiger partial charge in [-0.15, -0.1) is 11.3 Å². The molecule has 2 amide bonds. The Hall–Kier alpha value is -2.40. The quantitative estimate of drug-likeness (QED) is 0.710. The molecule has 2 aromatic carbocycles. The van der Waals surface area contributed by atoms with Gasteiger partial charge < -0.3 is 5.32 Å². The predicted molar refractivity (Wildman–Crippen MR) is 95.3 cm³/mol. The molecule has 0 saturated carbocycles. The summed E-state index contributed by atoms with van der Waals surface area (Å²) in [6.07, 6.45) is 4.52. The molecule has 0 bridgehead atoms. The number of hydrogen-bond donors (Lipinski definition) is 2. The van der Waals surface area contributed by atoms with Crippen molar-refractivity contribution in [3.63, 3.8) is 0 Å². The van der Waals surface area contributed by atoms with E-state index in [4.69, 9.17) is 0 Å². The van der Waals surface area contributed by atoms with Gasteiger partial charge in [-0.3, -0.25) is 5.32 Å². The summed E-state index contributed by atoms with van der Waals surface area (Å²) in [6.45, 7) is 0. The monoisotopic (exact) mass is 323 g/mol. The summed E-state index contributed by atoms with van der Waals surface area (Å²) in [4.78, 5) is 18.1. The average molecular weight is 323 g/mol. The Morgan fingerprint density at radius 1 is 1.00 bits per heavy atom. The fourth-order valence-corrected chi connectivity index (χ4v) is 4.04. The third-order valence-corrected chi connectivity index (χ3v) is 5.18. The first-order chi connectivity index (χ1) is 11.3. The van der Waals surface area contributed by atoms with Gasteiger partial charge in [0.15, 0.2) is 5.13 Å². The van der Waals surface area contributed by atoms with E-state index >= 15 is 0 Å². The third-order valence-electron chi connectivity index (χ3n) is 4.10. The van der Waals surface area contributed by atoms with E-state index in [-0.39, 0.29) is 6.03 Å². The number of hydrogen-bond acceptors (Lipinski definition) is 3. The second-order valence-electron chi connectivity index (χ2n) is 5.70. The number of aromatic nitrogens is 1. The number of nitrogens with zero attached hydrogens (tertiary/aromatic N) is 1. The SMILES string of the molecule is O=C(Nc1nc2c(s1)CCCC2)Nc1cccc2ccccc12. The van der Waals surface area contributed by atoms with Crippen LogP contribution in [0.4, 0.5) is 15.6 Å². The van der Waals surface area contributed by atoms with Crippen molar-refractivity contribution in [1.82, 2.24) is 4.98 Å². The lowest BCUT2D eigenvalue weighted by atomic mass is 10.0. The van der Waals surface area contributed by atoms with Crippen molar-refractivity contribution in [2.45, 2.75) is 25.7 Å². The zero-order valence-corrected chi connectivity index (χ0v) is 13.5. The van der Waals surface area contributed by atoms with Gasteiger partial charge in [0.25, 0.3) is 0 Å². The van der Waals surface area contributed by atoms with Crippen LogP contribution < -0.4 is 10.6 Å². The molecule has 0 spiro atoms. The number of carbonyl (C=O) groups excluding carboxylic acids is 1. The first kappa shape index (κ1) is 14.2. The highest BCUT2D eigenvalue weighted by Gasteiger charge is 2.16. The molecule has 23 heavy (non-hydrogen) atoms. The molecular weight excluding hydrogens is 306 g/mol.